The Labute approximate surface area is 108 Å². The predicted molar refractivity (Wildman–Crippen MR) is 72.9 cm³/mol. The molecule has 0 amide bonds. The van der Waals surface area contributed by atoms with Gasteiger partial charge in [-0.25, -0.2) is 8.42 Å². The predicted octanol–water partition coefficient (Wildman–Crippen LogP) is 1.87. The lowest BCUT2D eigenvalue weighted by Gasteiger charge is -2.13. The average Bonchev–Trinajstić information content (AvgIpc) is 2.20. The molecule has 88 valence electrons. The van der Waals surface area contributed by atoms with Gasteiger partial charge in [-0.05, 0) is 31.2 Å². The zero-order valence-corrected chi connectivity index (χ0v) is 11.7. The molecule has 0 aliphatic carbocycles. The van der Waals surface area contributed by atoms with Crippen molar-refractivity contribution < 1.29 is 8.42 Å². The first kappa shape index (κ1) is 13.4. The normalized spacial score (nSPS) is 13.1. The van der Waals surface area contributed by atoms with E-state index in [1.807, 2.05) is 0 Å². The monoisotopic (exact) mass is 322 g/mol. The smallest absolute Gasteiger partial charge is 0.241 e. The molecule has 0 spiro atoms. The molecule has 0 aromatic heterocycles. The summed E-state index contributed by atoms with van der Waals surface area (Å²) in [5.74, 6) is 0. The minimum absolute atomic E-state index is 0.0513. The lowest BCUT2D eigenvalue weighted by molar-refractivity contribution is 0.598. The molecule has 7 heteroatoms. The summed E-state index contributed by atoms with van der Waals surface area (Å²) in [7, 11) is -3.56. The molecule has 1 atom stereocenters. The number of anilines is 1. The molecule has 4 nitrogen and oxygen atoms in total. The van der Waals surface area contributed by atoms with Gasteiger partial charge in [0.2, 0.25) is 10.0 Å². The van der Waals surface area contributed by atoms with Gasteiger partial charge in [-0.15, -0.1) is 0 Å². The second-order valence-corrected chi connectivity index (χ2v) is 6.59. The Balaban J connectivity index is 2.89. The van der Waals surface area contributed by atoms with Gasteiger partial charge in [0, 0.05) is 10.2 Å². The second kappa shape index (κ2) is 5.11. The first-order valence-corrected chi connectivity index (χ1v) is 7.14. The van der Waals surface area contributed by atoms with Crippen molar-refractivity contribution in [1.82, 2.24) is 0 Å². The minimum atomic E-state index is -3.56. The molecule has 0 fully saturated rings. The van der Waals surface area contributed by atoms with Crippen LogP contribution in [0.15, 0.2) is 28.7 Å². The summed E-state index contributed by atoms with van der Waals surface area (Å²) in [6.07, 6.45) is 0. The lowest BCUT2D eigenvalue weighted by atomic mass is 10.3. The van der Waals surface area contributed by atoms with Crippen molar-refractivity contribution >= 4 is 48.8 Å². The zero-order chi connectivity index (χ0) is 12.3. The highest BCUT2D eigenvalue weighted by Gasteiger charge is 2.22. The average molecular weight is 323 g/mol. The second-order valence-electron chi connectivity index (χ2n) is 3.20. The molecule has 0 aliphatic heterocycles. The quantitative estimate of drug-likeness (QED) is 0.830. The number of sulfonamides is 1. The van der Waals surface area contributed by atoms with Gasteiger partial charge < -0.3 is 5.73 Å². The van der Waals surface area contributed by atoms with Crippen molar-refractivity contribution in [2.75, 3.05) is 4.72 Å². The van der Waals surface area contributed by atoms with Crippen molar-refractivity contribution in [2.45, 2.75) is 12.2 Å². The summed E-state index contributed by atoms with van der Waals surface area (Å²) in [6.45, 7) is 1.45. The van der Waals surface area contributed by atoms with Gasteiger partial charge in [0.25, 0.3) is 0 Å². The van der Waals surface area contributed by atoms with E-state index in [9.17, 15) is 8.42 Å². The molecular formula is C9H11BrN2O2S2. The van der Waals surface area contributed by atoms with E-state index in [1.165, 1.54) is 6.92 Å². The number of thiocarbonyl (C=S) groups is 1. The Morgan fingerprint density at radius 1 is 1.44 bits per heavy atom. The first-order chi connectivity index (χ1) is 7.33. The molecule has 16 heavy (non-hydrogen) atoms. The molecular weight excluding hydrogens is 312 g/mol. The van der Waals surface area contributed by atoms with Gasteiger partial charge in [0.15, 0.2) is 0 Å². The fourth-order valence-corrected chi connectivity index (χ4v) is 2.52. The molecule has 0 bridgehead atoms. The van der Waals surface area contributed by atoms with Gasteiger partial charge in [-0.2, -0.15) is 0 Å². The van der Waals surface area contributed by atoms with Crippen LogP contribution in [0.2, 0.25) is 0 Å². The number of nitrogens with one attached hydrogen (secondary N) is 1. The maximum atomic E-state index is 11.7. The summed E-state index contributed by atoms with van der Waals surface area (Å²) >= 11 is 7.91. The molecule has 0 heterocycles. The minimum Gasteiger partial charge on any atom is -0.392 e. The summed E-state index contributed by atoms with van der Waals surface area (Å²) in [6, 6.07) is 6.77. The fraction of sp³-hybridized carbons (Fsp3) is 0.222. The van der Waals surface area contributed by atoms with E-state index in [1.54, 1.807) is 24.3 Å². The molecule has 3 N–H and O–H groups in total. The highest BCUT2D eigenvalue weighted by atomic mass is 79.9. The van der Waals surface area contributed by atoms with Gasteiger partial charge >= 0.3 is 0 Å². The number of hydrogen-bond acceptors (Lipinski definition) is 3. The van der Waals surface area contributed by atoms with Crippen molar-refractivity contribution in [3.05, 3.63) is 28.7 Å². The van der Waals surface area contributed by atoms with Crippen LogP contribution in [-0.4, -0.2) is 18.7 Å². The van der Waals surface area contributed by atoms with Gasteiger partial charge in [-0.3, -0.25) is 4.72 Å². The number of nitrogens with two attached hydrogens (primary N) is 1. The van der Waals surface area contributed by atoms with Gasteiger partial charge in [0.05, 0.1) is 4.99 Å². The van der Waals surface area contributed by atoms with Crippen LogP contribution < -0.4 is 10.5 Å². The standard InChI is InChI=1S/C9H11BrN2O2S2/c1-6(9(11)15)16(13,14)12-8-4-2-7(10)3-5-8/h2-6,12H,1H3,(H2,11,15). The molecule has 1 unspecified atom stereocenters. The van der Waals surface area contributed by atoms with E-state index in [-0.39, 0.29) is 4.99 Å². The Bertz CT molecular complexity index is 485. The summed E-state index contributed by atoms with van der Waals surface area (Å²) < 4.78 is 26.8. The highest BCUT2D eigenvalue weighted by Crippen LogP contribution is 2.16. The summed E-state index contributed by atoms with van der Waals surface area (Å²) in [4.78, 5) is -0.0513. The number of benzene rings is 1. The molecule has 0 saturated heterocycles. The van der Waals surface area contributed by atoms with E-state index >= 15 is 0 Å². The third kappa shape index (κ3) is 3.43. The van der Waals surface area contributed by atoms with Crippen molar-refractivity contribution in [1.29, 1.82) is 0 Å². The van der Waals surface area contributed by atoms with Crippen LogP contribution in [0.3, 0.4) is 0 Å². The van der Waals surface area contributed by atoms with Crippen LogP contribution in [0, 0.1) is 0 Å². The van der Waals surface area contributed by atoms with Crippen LogP contribution in [0.25, 0.3) is 0 Å². The Morgan fingerprint density at radius 3 is 2.38 bits per heavy atom. The maximum absolute atomic E-state index is 11.7. The van der Waals surface area contributed by atoms with Crippen molar-refractivity contribution in [3.8, 4) is 0 Å². The van der Waals surface area contributed by atoms with Crippen LogP contribution in [-0.2, 0) is 10.0 Å². The fourth-order valence-electron chi connectivity index (χ4n) is 0.924. The largest absolute Gasteiger partial charge is 0.392 e. The van der Waals surface area contributed by atoms with Crippen LogP contribution in [0.5, 0.6) is 0 Å². The highest BCUT2D eigenvalue weighted by molar-refractivity contribution is 9.10. The van der Waals surface area contributed by atoms with E-state index in [4.69, 9.17) is 5.73 Å². The summed E-state index contributed by atoms with van der Waals surface area (Å²) in [5, 5.41) is -0.897. The van der Waals surface area contributed by atoms with Crippen molar-refractivity contribution in [3.63, 3.8) is 0 Å². The molecule has 1 rings (SSSR count). The van der Waals surface area contributed by atoms with E-state index in [0.717, 1.165) is 4.47 Å². The lowest BCUT2D eigenvalue weighted by Crippen LogP contribution is -2.35. The Kier molecular flexibility index (Phi) is 4.28. The molecule has 1 aromatic carbocycles. The first-order valence-electron chi connectivity index (χ1n) is 4.39. The molecule has 0 radical (unpaired) electrons. The SMILES string of the molecule is CC(C(N)=S)S(=O)(=O)Nc1ccc(Br)cc1. The topological polar surface area (TPSA) is 72.2 Å². The molecule has 0 saturated carbocycles. The van der Waals surface area contributed by atoms with E-state index in [2.05, 4.69) is 32.9 Å². The van der Waals surface area contributed by atoms with Gasteiger partial charge in [-0.1, -0.05) is 28.1 Å². The number of rotatable bonds is 4. The third-order valence-corrected chi connectivity index (χ3v) is 4.71. The van der Waals surface area contributed by atoms with E-state index < -0.39 is 15.3 Å². The molecule has 0 aliphatic rings. The third-order valence-electron chi connectivity index (χ3n) is 1.97. The Hall–Kier alpha value is -0.660. The number of halogens is 1. The van der Waals surface area contributed by atoms with Crippen LogP contribution in [0.1, 0.15) is 6.92 Å². The summed E-state index contributed by atoms with van der Waals surface area (Å²) in [5.41, 5.74) is 5.78. The zero-order valence-electron chi connectivity index (χ0n) is 8.48. The Morgan fingerprint density at radius 2 is 1.94 bits per heavy atom. The van der Waals surface area contributed by atoms with Crippen LogP contribution in [0.4, 0.5) is 5.69 Å². The molecule has 1 aromatic rings. The van der Waals surface area contributed by atoms with Crippen LogP contribution >= 0.6 is 28.1 Å². The van der Waals surface area contributed by atoms with E-state index in [0.29, 0.717) is 5.69 Å². The van der Waals surface area contributed by atoms with Crippen molar-refractivity contribution in [2.24, 2.45) is 5.73 Å². The number of hydrogen-bond donors (Lipinski definition) is 2. The van der Waals surface area contributed by atoms with Gasteiger partial charge in [0.1, 0.15) is 5.25 Å². The maximum Gasteiger partial charge on any atom is 0.241 e.